The normalized spacial score (nSPS) is 13.4. The maximum absolute atomic E-state index is 12.3. The number of phenols is 1. The number of aliphatic hydroxyl groups excluding tert-OH is 2. The van der Waals surface area contributed by atoms with Crippen molar-refractivity contribution in [2.45, 2.75) is 12.2 Å². The number of fused-ring (bicyclic) bond motifs is 1. The van der Waals surface area contributed by atoms with Gasteiger partial charge in [-0.3, -0.25) is 9.78 Å². The van der Waals surface area contributed by atoms with Gasteiger partial charge in [0.1, 0.15) is 17.7 Å². The van der Waals surface area contributed by atoms with Crippen molar-refractivity contribution in [2.24, 2.45) is 0 Å². The molecule has 0 aliphatic heterocycles. The van der Waals surface area contributed by atoms with Crippen molar-refractivity contribution in [3.8, 4) is 5.75 Å². The molecule has 3 aromatic rings. The molecule has 0 spiro atoms. The molecule has 2 atom stereocenters. The van der Waals surface area contributed by atoms with Crippen molar-refractivity contribution in [1.29, 1.82) is 0 Å². The van der Waals surface area contributed by atoms with Gasteiger partial charge in [-0.1, -0.05) is 42.5 Å². The summed E-state index contributed by atoms with van der Waals surface area (Å²) in [5.74, 6) is -0.766. The number of nitrogens with one attached hydrogen (secondary N) is 1. The zero-order chi connectivity index (χ0) is 17.8. The lowest BCUT2D eigenvalue weighted by molar-refractivity contribution is 0.0191. The molecule has 4 N–H and O–H groups in total. The Hall–Kier alpha value is -2.96. The number of aliphatic hydroxyl groups is 2. The van der Waals surface area contributed by atoms with E-state index in [0.29, 0.717) is 11.1 Å². The van der Waals surface area contributed by atoms with Gasteiger partial charge in [0, 0.05) is 18.1 Å². The third-order valence-electron chi connectivity index (χ3n) is 3.97. The Morgan fingerprint density at radius 3 is 2.56 bits per heavy atom. The number of aromatic hydroxyl groups is 1. The number of carbonyl (C=O) groups is 1. The molecule has 1 amide bonds. The van der Waals surface area contributed by atoms with Crippen LogP contribution in [0.4, 0.5) is 0 Å². The van der Waals surface area contributed by atoms with Crippen molar-refractivity contribution < 1.29 is 20.1 Å². The highest BCUT2D eigenvalue weighted by Gasteiger charge is 2.20. The summed E-state index contributed by atoms with van der Waals surface area (Å²) in [4.78, 5) is 16.3. The third-order valence-corrected chi connectivity index (χ3v) is 3.97. The molecular weight excluding hydrogens is 320 g/mol. The van der Waals surface area contributed by atoms with Crippen LogP contribution < -0.4 is 5.32 Å². The average Bonchev–Trinajstić information content (AvgIpc) is 2.66. The Morgan fingerprint density at radius 2 is 1.80 bits per heavy atom. The van der Waals surface area contributed by atoms with Gasteiger partial charge in [0.2, 0.25) is 0 Å². The molecule has 0 bridgehead atoms. The van der Waals surface area contributed by atoms with Crippen molar-refractivity contribution in [3.63, 3.8) is 0 Å². The first-order valence-corrected chi connectivity index (χ1v) is 7.84. The fourth-order valence-corrected chi connectivity index (χ4v) is 2.59. The molecule has 6 heteroatoms. The highest BCUT2D eigenvalue weighted by molar-refractivity contribution is 6.02. The van der Waals surface area contributed by atoms with Crippen LogP contribution in [0.25, 0.3) is 10.9 Å². The molecular formula is C19H18N2O4. The molecule has 0 saturated heterocycles. The number of rotatable bonds is 5. The topological polar surface area (TPSA) is 103 Å². The highest BCUT2D eigenvalue weighted by Crippen LogP contribution is 2.26. The number of hydrogen-bond acceptors (Lipinski definition) is 5. The van der Waals surface area contributed by atoms with Crippen LogP contribution in [-0.4, -0.2) is 38.9 Å². The Balaban J connectivity index is 1.69. The smallest absolute Gasteiger partial charge is 0.255 e. The molecule has 0 aliphatic rings. The van der Waals surface area contributed by atoms with Gasteiger partial charge in [0.05, 0.1) is 5.56 Å². The van der Waals surface area contributed by atoms with Crippen molar-refractivity contribution in [2.75, 3.05) is 6.54 Å². The number of phenolic OH excluding ortho intramolecular Hbond substituents is 1. The predicted molar refractivity (Wildman–Crippen MR) is 93.1 cm³/mol. The van der Waals surface area contributed by atoms with Crippen LogP contribution >= 0.6 is 0 Å². The summed E-state index contributed by atoms with van der Waals surface area (Å²) >= 11 is 0. The second-order valence-corrected chi connectivity index (χ2v) is 5.67. The number of aromatic nitrogens is 1. The molecule has 0 aliphatic carbocycles. The Morgan fingerprint density at radius 1 is 1.04 bits per heavy atom. The van der Waals surface area contributed by atoms with E-state index in [2.05, 4.69) is 10.3 Å². The van der Waals surface area contributed by atoms with Gasteiger partial charge in [-0.05, 0) is 17.7 Å². The molecule has 2 aromatic carbocycles. The number of amides is 1. The van der Waals surface area contributed by atoms with Crippen molar-refractivity contribution >= 4 is 16.8 Å². The van der Waals surface area contributed by atoms with Crippen molar-refractivity contribution in [3.05, 3.63) is 71.9 Å². The summed E-state index contributed by atoms with van der Waals surface area (Å²) in [6, 6.07) is 15.4. The van der Waals surface area contributed by atoms with Crippen LogP contribution in [0.2, 0.25) is 0 Å². The van der Waals surface area contributed by atoms with Crippen LogP contribution in [-0.2, 0) is 0 Å². The lowest BCUT2D eigenvalue weighted by Gasteiger charge is -2.19. The monoisotopic (exact) mass is 338 g/mol. The molecule has 0 radical (unpaired) electrons. The standard InChI is InChI=1S/C19H18N2O4/c22-15(17(23)13-5-2-1-3-6-13)11-21-19(25)14-9-8-12-7-4-10-20-16(12)18(14)24/h1-10,15,17,22-24H,11H2,(H,21,25). The van der Waals surface area contributed by atoms with E-state index in [1.54, 1.807) is 48.5 Å². The molecule has 25 heavy (non-hydrogen) atoms. The maximum Gasteiger partial charge on any atom is 0.255 e. The summed E-state index contributed by atoms with van der Waals surface area (Å²) < 4.78 is 0. The fourth-order valence-electron chi connectivity index (χ4n) is 2.59. The van der Waals surface area contributed by atoms with Crippen molar-refractivity contribution in [1.82, 2.24) is 10.3 Å². The Labute approximate surface area is 144 Å². The summed E-state index contributed by atoms with van der Waals surface area (Å²) in [5.41, 5.74) is 0.953. The van der Waals surface area contributed by atoms with Crippen LogP contribution in [0.5, 0.6) is 5.75 Å². The number of pyridine rings is 1. The van der Waals surface area contributed by atoms with Gasteiger partial charge in [0.25, 0.3) is 5.91 Å². The summed E-state index contributed by atoms with van der Waals surface area (Å²) in [7, 11) is 0. The van der Waals surface area contributed by atoms with Crippen LogP contribution in [0, 0.1) is 0 Å². The number of hydrogen-bond donors (Lipinski definition) is 4. The van der Waals surface area contributed by atoms with E-state index in [1.807, 2.05) is 0 Å². The van der Waals surface area contributed by atoms with Crippen LogP contribution in [0.1, 0.15) is 22.0 Å². The van der Waals surface area contributed by atoms with Gasteiger partial charge in [-0.25, -0.2) is 0 Å². The van der Waals surface area contributed by atoms with Gasteiger partial charge >= 0.3 is 0 Å². The number of nitrogens with zero attached hydrogens (tertiary/aromatic N) is 1. The van der Waals surface area contributed by atoms with E-state index in [-0.39, 0.29) is 17.9 Å². The minimum Gasteiger partial charge on any atom is -0.505 e. The number of carbonyl (C=O) groups excluding carboxylic acids is 1. The van der Waals surface area contributed by atoms with E-state index in [4.69, 9.17) is 0 Å². The zero-order valence-corrected chi connectivity index (χ0v) is 13.3. The maximum atomic E-state index is 12.3. The molecule has 128 valence electrons. The van der Waals surface area contributed by atoms with E-state index < -0.39 is 18.1 Å². The molecule has 0 fully saturated rings. The summed E-state index contributed by atoms with van der Waals surface area (Å²) in [5, 5.41) is 33.7. The largest absolute Gasteiger partial charge is 0.505 e. The first kappa shape index (κ1) is 16.9. The van der Waals surface area contributed by atoms with Gasteiger partial charge < -0.3 is 20.6 Å². The van der Waals surface area contributed by atoms with Crippen LogP contribution in [0.3, 0.4) is 0 Å². The Bertz CT molecular complexity index is 883. The lowest BCUT2D eigenvalue weighted by Crippen LogP contribution is -2.35. The summed E-state index contributed by atoms with van der Waals surface area (Å²) in [6.45, 7) is -0.158. The molecule has 1 aromatic heterocycles. The predicted octanol–water partition coefficient (Wildman–Crippen LogP) is 1.76. The van der Waals surface area contributed by atoms with E-state index in [0.717, 1.165) is 5.39 Å². The summed E-state index contributed by atoms with van der Waals surface area (Å²) in [6.07, 6.45) is -0.760. The second kappa shape index (κ2) is 7.29. The minimum absolute atomic E-state index is 0.0626. The van der Waals surface area contributed by atoms with Gasteiger partial charge in [0.15, 0.2) is 5.75 Å². The molecule has 1 heterocycles. The second-order valence-electron chi connectivity index (χ2n) is 5.67. The molecule has 6 nitrogen and oxygen atoms in total. The van der Waals surface area contributed by atoms with E-state index in [1.165, 1.54) is 12.3 Å². The SMILES string of the molecule is O=C(NCC(O)C(O)c1ccccc1)c1ccc2cccnc2c1O. The lowest BCUT2D eigenvalue weighted by atomic mass is 10.0. The fraction of sp³-hybridized carbons (Fsp3) is 0.158. The van der Waals surface area contributed by atoms with Gasteiger partial charge in [-0.15, -0.1) is 0 Å². The zero-order valence-electron chi connectivity index (χ0n) is 13.3. The third kappa shape index (κ3) is 3.60. The molecule has 3 rings (SSSR count). The first-order chi connectivity index (χ1) is 12.1. The minimum atomic E-state index is -1.17. The number of benzene rings is 2. The Kier molecular flexibility index (Phi) is 4.92. The quantitative estimate of drug-likeness (QED) is 0.568. The highest BCUT2D eigenvalue weighted by atomic mass is 16.3. The van der Waals surface area contributed by atoms with Crippen LogP contribution in [0.15, 0.2) is 60.8 Å². The molecule has 2 unspecified atom stereocenters. The first-order valence-electron chi connectivity index (χ1n) is 7.84. The van der Waals surface area contributed by atoms with Gasteiger partial charge in [-0.2, -0.15) is 0 Å². The average molecular weight is 338 g/mol. The molecule has 0 saturated carbocycles. The van der Waals surface area contributed by atoms with E-state index >= 15 is 0 Å². The van der Waals surface area contributed by atoms with E-state index in [9.17, 15) is 20.1 Å².